The summed E-state index contributed by atoms with van der Waals surface area (Å²) in [5.41, 5.74) is -0.500. The van der Waals surface area contributed by atoms with Crippen LogP contribution in [0, 0.1) is 64.2 Å². The first-order valence-electron chi connectivity index (χ1n) is 5.06. The summed E-state index contributed by atoms with van der Waals surface area (Å²) in [6, 6.07) is 0. The van der Waals surface area contributed by atoms with Gasteiger partial charge in [0.1, 0.15) is 0 Å². The Morgan fingerprint density at radius 1 is 0.562 bits per heavy atom. The molecule has 2 fully saturated rings. The molecule has 1 N–H and O–H groups in total. The van der Waals surface area contributed by atoms with Crippen LogP contribution < -0.4 is 0 Å². The summed E-state index contributed by atoms with van der Waals surface area (Å²) in [7, 11) is 0. The summed E-state index contributed by atoms with van der Waals surface area (Å²) in [6.07, 6.45) is 20.0. The molecule has 2 rings (SSSR count). The Morgan fingerprint density at radius 2 is 0.625 bits per heavy atom. The van der Waals surface area contributed by atoms with E-state index in [1.54, 1.807) is 20.8 Å². The Kier molecular flexibility index (Phi) is 14.4. The minimum atomic E-state index is -0.500. The van der Waals surface area contributed by atoms with Gasteiger partial charge >= 0.3 is 21.7 Å². The van der Waals surface area contributed by atoms with Gasteiger partial charge in [0.25, 0.3) is 0 Å². The predicted octanol–water partition coefficient (Wildman–Crippen LogP) is 2.82. The summed E-state index contributed by atoms with van der Waals surface area (Å²) < 4.78 is 0. The molecule has 2 saturated carbocycles. The van der Waals surface area contributed by atoms with Gasteiger partial charge in [-0.1, -0.05) is 0 Å². The standard InChI is InChI=1S/2C5H5.C4H10O.Ti/c2*1-2-4-5-3-1;1-4(2,3)5;/h2*1-5H;5H,1-3H3;/q;;;+2. The van der Waals surface area contributed by atoms with E-state index in [1.165, 1.54) is 0 Å². The van der Waals surface area contributed by atoms with E-state index in [-0.39, 0.29) is 21.7 Å². The maximum absolute atomic E-state index is 8.52. The van der Waals surface area contributed by atoms with Crippen LogP contribution in [-0.4, -0.2) is 10.7 Å². The van der Waals surface area contributed by atoms with Crippen LogP contribution in [0.2, 0.25) is 0 Å². The third-order valence-corrected chi connectivity index (χ3v) is 1.11. The summed E-state index contributed by atoms with van der Waals surface area (Å²) in [6.45, 7) is 5.23. The Labute approximate surface area is 117 Å². The van der Waals surface area contributed by atoms with E-state index in [4.69, 9.17) is 5.11 Å². The smallest absolute Gasteiger partial charge is 0.391 e. The number of hydrogen-bond acceptors (Lipinski definition) is 1. The average molecular weight is 252 g/mol. The third-order valence-electron chi connectivity index (χ3n) is 1.11. The molecular formula is C14H20OTi+2. The van der Waals surface area contributed by atoms with Crippen molar-refractivity contribution in [2.45, 2.75) is 26.4 Å². The fourth-order valence-corrected chi connectivity index (χ4v) is 0.642. The maximum atomic E-state index is 8.52. The summed E-state index contributed by atoms with van der Waals surface area (Å²) in [4.78, 5) is 0. The molecule has 0 saturated heterocycles. The summed E-state index contributed by atoms with van der Waals surface area (Å²) >= 11 is 0. The first kappa shape index (κ1) is 19.0. The molecular weight excluding hydrogens is 232 g/mol. The van der Waals surface area contributed by atoms with E-state index >= 15 is 0 Å². The second-order valence-corrected chi connectivity index (χ2v) is 4.10. The van der Waals surface area contributed by atoms with Crippen LogP contribution in [0.15, 0.2) is 0 Å². The maximum Gasteiger partial charge on any atom is 2.00 e. The van der Waals surface area contributed by atoms with Gasteiger partial charge in [0.05, 0.1) is 5.60 Å². The van der Waals surface area contributed by atoms with E-state index in [1.807, 2.05) is 64.2 Å². The quantitative estimate of drug-likeness (QED) is 0.657. The van der Waals surface area contributed by atoms with Crippen molar-refractivity contribution < 1.29 is 26.8 Å². The van der Waals surface area contributed by atoms with Gasteiger partial charge < -0.3 is 5.11 Å². The van der Waals surface area contributed by atoms with Gasteiger partial charge in [-0.15, -0.1) is 0 Å². The molecule has 1 nitrogen and oxygen atoms in total. The molecule has 10 radical (unpaired) electrons. The van der Waals surface area contributed by atoms with E-state index in [2.05, 4.69) is 0 Å². The van der Waals surface area contributed by atoms with Crippen LogP contribution in [-0.2, 0) is 21.7 Å². The second kappa shape index (κ2) is 12.1. The van der Waals surface area contributed by atoms with E-state index in [9.17, 15) is 0 Å². The Bertz CT molecular complexity index is 90.0. The molecule has 2 aliphatic rings. The molecule has 2 heteroatoms. The summed E-state index contributed by atoms with van der Waals surface area (Å²) in [5.74, 6) is 0. The zero-order valence-electron chi connectivity index (χ0n) is 10.2. The Morgan fingerprint density at radius 3 is 0.688 bits per heavy atom. The second-order valence-electron chi connectivity index (χ2n) is 4.10. The fraction of sp³-hybridized carbons (Fsp3) is 0.286. The molecule has 2 aliphatic carbocycles. The zero-order valence-corrected chi connectivity index (χ0v) is 11.8. The van der Waals surface area contributed by atoms with Crippen molar-refractivity contribution in [3.63, 3.8) is 0 Å². The van der Waals surface area contributed by atoms with Crippen molar-refractivity contribution in [1.29, 1.82) is 0 Å². The van der Waals surface area contributed by atoms with Crippen LogP contribution in [0.25, 0.3) is 0 Å². The number of hydrogen-bond donors (Lipinski definition) is 1. The normalized spacial score (nSPS) is 18.8. The first-order chi connectivity index (χ1) is 7.00. The monoisotopic (exact) mass is 252 g/mol. The molecule has 16 heavy (non-hydrogen) atoms. The number of aliphatic hydroxyl groups is 1. The van der Waals surface area contributed by atoms with Gasteiger partial charge in [-0.25, -0.2) is 0 Å². The van der Waals surface area contributed by atoms with Crippen LogP contribution >= 0.6 is 0 Å². The van der Waals surface area contributed by atoms with Crippen LogP contribution in [0.4, 0.5) is 0 Å². The molecule has 0 aromatic carbocycles. The minimum Gasteiger partial charge on any atom is -0.391 e. The van der Waals surface area contributed by atoms with Crippen molar-refractivity contribution in [2.24, 2.45) is 0 Å². The average Bonchev–Trinajstić information content (AvgIpc) is 2.81. The molecule has 0 spiro atoms. The van der Waals surface area contributed by atoms with Crippen molar-refractivity contribution in [3.8, 4) is 0 Å². The van der Waals surface area contributed by atoms with E-state index < -0.39 is 5.60 Å². The van der Waals surface area contributed by atoms with Gasteiger partial charge in [-0.05, 0) is 85.0 Å². The molecule has 0 amide bonds. The largest absolute Gasteiger partial charge is 2.00 e. The van der Waals surface area contributed by atoms with E-state index in [0.717, 1.165) is 0 Å². The SMILES string of the molecule is CC(C)(C)O.[CH]1[CH][CH][CH][CH]1.[CH]1[CH][CH][CH][CH]1.[Ti+2]. The Balaban J connectivity index is 0. The molecule has 0 heterocycles. The van der Waals surface area contributed by atoms with E-state index in [0.29, 0.717) is 0 Å². The number of rotatable bonds is 0. The molecule has 0 aromatic heterocycles. The molecule has 0 bridgehead atoms. The van der Waals surface area contributed by atoms with Crippen molar-refractivity contribution in [1.82, 2.24) is 0 Å². The zero-order chi connectivity index (χ0) is 11.6. The molecule has 0 aromatic rings. The van der Waals surface area contributed by atoms with Gasteiger partial charge in [-0.2, -0.15) is 0 Å². The van der Waals surface area contributed by atoms with Crippen molar-refractivity contribution in [3.05, 3.63) is 64.2 Å². The third kappa shape index (κ3) is 24.1. The van der Waals surface area contributed by atoms with Crippen LogP contribution in [0.3, 0.4) is 0 Å². The Hall–Kier alpha value is 0.674. The van der Waals surface area contributed by atoms with Gasteiger partial charge in [0.2, 0.25) is 0 Å². The van der Waals surface area contributed by atoms with Gasteiger partial charge in [0.15, 0.2) is 0 Å². The predicted molar refractivity (Wildman–Crippen MR) is 65.0 cm³/mol. The fourth-order valence-electron chi connectivity index (χ4n) is 0.642. The van der Waals surface area contributed by atoms with Gasteiger partial charge in [0, 0.05) is 0 Å². The van der Waals surface area contributed by atoms with Crippen molar-refractivity contribution in [2.75, 3.05) is 0 Å². The minimum absolute atomic E-state index is 0. The molecule has 84 valence electrons. The first-order valence-corrected chi connectivity index (χ1v) is 5.06. The topological polar surface area (TPSA) is 20.2 Å². The van der Waals surface area contributed by atoms with Crippen molar-refractivity contribution >= 4 is 0 Å². The molecule has 0 aliphatic heterocycles. The molecule has 0 atom stereocenters. The van der Waals surface area contributed by atoms with Crippen LogP contribution in [0.1, 0.15) is 20.8 Å². The molecule has 0 unspecified atom stereocenters. The summed E-state index contributed by atoms with van der Waals surface area (Å²) in [5, 5.41) is 8.52. The van der Waals surface area contributed by atoms with Crippen LogP contribution in [0.5, 0.6) is 0 Å². The van der Waals surface area contributed by atoms with Gasteiger partial charge in [-0.3, -0.25) is 0 Å².